The average Bonchev–Trinajstić information content (AvgIpc) is 2.38. The highest BCUT2D eigenvalue weighted by molar-refractivity contribution is 5.75. The van der Waals surface area contributed by atoms with Crippen LogP contribution in [-0.4, -0.2) is 11.3 Å². The van der Waals surface area contributed by atoms with E-state index in [0.717, 1.165) is 16.7 Å². The van der Waals surface area contributed by atoms with E-state index in [2.05, 4.69) is 20.8 Å². The van der Waals surface area contributed by atoms with Crippen LogP contribution in [-0.2, 0) is 5.41 Å². The maximum absolute atomic E-state index is 10.8. The molecule has 1 N–H and O–H groups in total. The Labute approximate surface area is 118 Å². The molecule has 0 unspecified atom stereocenters. The highest BCUT2D eigenvalue weighted by Crippen LogP contribution is 2.34. The topological polar surface area (TPSA) is 46.5 Å². The molecule has 0 saturated heterocycles. The quantitative estimate of drug-likeness (QED) is 0.635. The van der Waals surface area contributed by atoms with Gasteiger partial charge in [0.05, 0.1) is 0 Å². The first-order chi connectivity index (χ1) is 9.38. The Bertz CT molecular complexity index is 610. The lowest BCUT2D eigenvalue weighted by molar-refractivity contribution is 0.144. The maximum atomic E-state index is 10.8. The molecule has 0 amide bonds. The lowest BCUT2D eigenvalue weighted by atomic mass is 9.85. The fourth-order valence-electron chi connectivity index (χ4n) is 2.02. The summed E-state index contributed by atoms with van der Waals surface area (Å²) < 4.78 is 4.88. The molecule has 3 nitrogen and oxygen atoms in total. The summed E-state index contributed by atoms with van der Waals surface area (Å²) in [5.41, 5.74) is 2.86. The van der Waals surface area contributed by atoms with Crippen molar-refractivity contribution in [3.63, 3.8) is 0 Å². The molecule has 0 aliphatic heterocycles. The van der Waals surface area contributed by atoms with Gasteiger partial charge in [-0.3, -0.25) is 0 Å². The van der Waals surface area contributed by atoms with Gasteiger partial charge in [-0.1, -0.05) is 57.2 Å². The number of carboxylic acid groups (broad SMARTS) is 1. The molecule has 0 bridgehead atoms. The van der Waals surface area contributed by atoms with Crippen molar-refractivity contribution in [2.24, 2.45) is 0 Å². The molecule has 2 rings (SSSR count). The molecule has 0 fully saturated rings. The molecule has 0 aliphatic carbocycles. The Morgan fingerprint density at radius 2 is 1.70 bits per heavy atom. The fourth-order valence-corrected chi connectivity index (χ4v) is 2.02. The Kier molecular flexibility index (Phi) is 3.79. The highest BCUT2D eigenvalue weighted by Gasteiger charge is 2.17. The van der Waals surface area contributed by atoms with E-state index >= 15 is 0 Å². The van der Waals surface area contributed by atoms with E-state index in [0.29, 0.717) is 5.75 Å². The number of carbonyl (C=O) groups is 1. The third kappa shape index (κ3) is 3.18. The van der Waals surface area contributed by atoms with Gasteiger partial charge in [0.1, 0.15) is 5.75 Å². The Morgan fingerprint density at radius 1 is 1.05 bits per heavy atom. The van der Waals surface area contributed by atoms with Crippen LogP contribution in [0.25, 0.3) is 11.1 Å². The Balaban J connectivity index is 2.57. The van der Waals surface area contributed by atoms with Gasteiger partial charge >= 0.3 is 6.16 Å². The lowest BCUT2D eigenvalue weighted by Gasteiger charge is -2.21. The zero-order chi connectivity index (χ0) is 14.8. The molecule has 0 radical (unpaired) electrons. The predicted molar refractivity (Wildman–Crippen MR) is 79.2 cm³/mol. The van der Waals surface area contributed by atoms with Crippen molar-refractivity contribution >= 4 is 6.16 Å². The minimum Gasteiger partial charge on any atom is -0.449 e. The van der Waals surface area contributed by atoms with Crippen LogP contribution in [0, 0.1) is 0 Å². The first-order valence-electron chi connectivity index (χ1n) is 6.48. The number of hydrogen-bond donors (Lipinski definition) is 1. The van der Waals surface area contributed by atoms with Gasteiger partial charge in [0.2, 0.25) is 0 Å². The molecule has 3 heteroatoms. The van der Waals surface area contributed by atoms with Gasteiger partial charge in [-0.2, -0.15) is 0 Å². The molecular weight excluding hydrogens is 252 g/mol. The van der Waals surface area contributed by atoms with Crippen molar-refractivity contribution < 1.29 is 14.6 Å². The molecule has 0 atom stereocenters. The van der Waals surface area contributed by atoms with Crippen LogP contribution in [0.5, 0.6) is 5.75 Å². The standard InChI is InChI=1S/C17H18O3/c1-17(2,3)13-9-10-15(20-16(18)19)14(11-13)12-7-5-4-6-8-12/h4-11H,1-3H3,(H,18,19). The summed E-state index contributed by atoms with van der Waals surface area (Å²) in [5.74, 6) is 0.358. The second-order valence-corrected chi connectivity index (χ2v) is 5.69. The highest BCUT2D eigenvalue weighted by atomic mass is 16.7. The molecule has 0 heterocycles. The summed E-state index contributed by atoms with van der Waals surface area (Å²) in [7, 11) is 0. The SMILES string of the molecule is CC(C)(C)c1ccc(OC(=O)O)c(-c2ccccc2)c1. The zero-order valence-corrected chi connectivity index (χ0v) is 11.9. The van der Waals surface area contributed by atoms with Crippen LogP contribution in [0.15, 0.2) is 48.5 Å². The van der Waals surface area contributed by atoms with Crippen LogP contribution < -0.4 is 4.74 Å². The van der Waals surface area contributed by atoms with Crippen molar-refractivity contribution in [3.8, 4) is 16.9 Å². The molecule has 0 aliphatic rings. The zero-order valence-electron chi connectivity index (χ0n) is 11.9. The van der Waals surface area contributed by atoms with Gasteiger partial charge in [-0.05, 0) is 28.7 Å². The van der Waals surface area contributed by atoms with Crippen molar-refractivity contribution in [3.05, 3.63) is 54.1 Å². The maximum Gasteiger partial charge on any atom is 0.511 e. The Hall–Kier alpha value is -2.29. The fraction of sp³-hybridized carbons (Fsp3) is 0.235. The minimum absolute atomic E-state index is 0.00865. The van der Waals surface area contributed by atoms with Gasteiger partial charge in [0.25, 0.3) is 0 Å². The van der Waals surface area contributed by atoms with Gasteiger partial charge in [0.15, 0.2) is 0 Å². The monoisotopic (exact) mass is 270 g/mol. The van der Waals surface area contributed by atoms with Gasteiger partial charge in [-0.25, -0.2) is 4.79 Å². The van der Waals surface area contributed by atoms with E-state index in [1.165, 1.54) is 0 Å². The van der Waals surface area contributed by atoms with E-state index < -0.39 is 6.16 Å². The van der Waals surface area contributed by atoms with Crippen molar-refractivity contribution in [2.45, 2.75) is 26.2 Å². The first-order valence-corrected chi connectivity index (χ1v) is 6.48. The van der Waals surface area contributed by atoms with Crippen LogP contribution in [0.1, 0.15) is 26.3 Å². The summed E-state index contributed by atoms with van der Waals surface area (Å²) in [6.45, 7) is 6.36. The normalized spacial score (nSPS) is 11.2. The third-order valence-electron chi connectivity index (χ3n) is 3.13. The van der Waals surface area contributed by atoms with E-state index in [4.69, 9.17) is 9.84 Å². The van der Waals surface area contributed by atoms with Crippen LogP contribution >= 0.6 is 0 Å². The van der Waals surface area contributed by atoms with Gasteiger partial charge in [0, 0.05) is 5.56 Å². The molecule has 20 heavy (non-hydrogen) atoms. The van der Waals surface area contributed by atoms with E-state index in [1.54, 1.807) is 6.07 Å². The lowest BCUT2D eigenvalue weighted by Crippen LogP contribution is -2.12. The van der Waals surface area contributed by atoms with Gasteiger partial charge in [-0.15, -0.1) is 0 Å². The number of ether oxygens (including phenoxy) is 1. The summed E-state index contributed by atoms with van der Waals surface area (Å²) in [4.78, 5) is 10.8. The second kappa shape index (κ2) is 5.37. The number of hydrogen-bond acceptors (Lipinski definition) is 2. The van der Waals surface area contributed by atoms with E-state index in [-0.39, 0.29) is 5.41 Å². The van der Waals surface area contributed by atoms with Crippen LogP contribution in [0.3, 0.4) is 0 Å². The van der Waals surface area contributed by atoms with Crippen molar-refractivity contribution in [2.75, 3.05) is 0 Å². The molecular formula is C17H18O3. The van der Waals surface area contributed by atoms with Crippen LogP contribution in [0.2, 0.25) is 0 Å². The van der Waals surface area contributed by atoms with Crippen molar-refractivity contribution in [1.82, 2.24) is 0 Å². The summed E-state index contributed by atoms with van der Waals surface area (Å²) in [6, 6.07) is 15.3. The number of rotatable bonds is 2. The van der Waals surface area contributed by atoms with E-state index in [1.807, 2.05) is 42.5 Å². The van der Waals surface area contributed by atoms with Gasteiger partial charge < -0.3 is 9.84 Å². The molecule has 2 aromatic carbocycles. The minimum atomic E-state index is -1.30. The van der Waals surface area contributed by atoms with E-state index in [9.17, 15) is 4.79 Å². The predicted octanol–water partition coefficient (Wildman–Crippen LogP) is 4.71. The summed E-state index contributed by atoms with van der Waals surface area (Å²) in [5, 5.41) is 8.85. The molecule has 2 aromatic rings. The third-order valence-corrected chi connectivity index (χ3v) is 3.13. The summed E-state index contributed by atoms with van der Waals surface area (Å²) >= 11 is 0. The molecule has 0 aromatic heterocycles. The van der Waals surface area contributed by atoms with Crippen LogP contribution in [0.4, 0.5) is 4.79 Å². The molecule has 0 saturated carbocycles. The molecule has 0 spiro atoms. The average molecular weight is 270 g/mol. The molecule has 104 valence electrons. The van der Waals surface area contributed by atoms with Crippen molar-refractivity contribution in [1.29, 1.82) is 0 Å². The second-order valence-electron chi connectivity index (χ2n) is 5.69. The number of benzene rings is 2. The summed E-state index contributed by atoms with van der Waals surface area (Å²) in [6.07, 6.45) is -1.30. The Morgan fingerprint density at radius 3 is 2.25 bits per heavy atom. The smallest absolute Gasteiger partial charge is 0.449 e. The first kappa shape index (κ1) is 14.1. The largest absolute Gasteiger partial charge is 0.511 e.